The zero-order valence-corrected chi connectivity index (χ0v) is 17.1. The van der Waals surface area contributed by atoms with E-state index in [2.05, 4.69) is 43.7 Å². The van der Waals surface area contributed by atoms with Crippen molar-refractivity contribution in [2.75, 3.05) is 5.32 Å². The molecule has 3 nitrogen and oxygen atoms in total. The Morgan fingerprint density at radius 3 is 2.75 bits per heavy atom. The van der Waals surface area contributed by atoms with Gasteiger partial charge in [0.25, 0.3) is 0 Å². The van der Waals surface area contributed by atoms with Crippen molar-refractivity contribution in [2.24, 2.45) is 5.73 Å². The molecule has 1 saturated carbocycles. The molecule has 3 aromatic rings. The van der Waals surface area contributed by atoms with Crippen molar-refractivity contribution in [1.82, 2.24) is 4.98 Å². The molecule has 0 aromatic carbocycles. The number of nitrogens with zero attached hydrogens (tertiary/aromatic N) is 1. The second-order valence-corrected chi connectivity index (χ2v) is 8.88. The fourth-order valence-corrected chi connectivity index (χ4v) is 5.03. The van der Waals surface area contributed by atoms with Gasteiger partial charge in [0, 0.05) is 28.9 Å². The quantitative estimate of drug-likeness (QED) is 0.468. The Morgan fingerprint density at radius 1 is 1.33 bits per heavy atom. The van der Waals surface area contributed by atoms with Crippen LogP contribution in [0.5, 0.6) is 0 Å². The monoisotopic (exact) mass is 443 g/mol. The van der Waals surface area contributed by atoms with Gasteiger partial charge in [-0.25, -0.2) is 4.98 Å². The lowest BCUT2D eigenvalue weighted by atomic mass is 10.3. The molecule has 0 aliphatic heterocycles. The Hall–Kier alpha value is -0.660. The molecule has 0 saturated heterocycles. The topological polar surface area (TPSA) is 50.9 Å². The van der Waals surface area contributed by atoms with E-state index in [1.807, 2.05) is 11.4 Å². The smallest absolute Gasteiger partial charge is 0.131 e. The van der Waals surface area contributed by atoms with E-state index in [-0.39, 0.29) is 0 Å². The molecule has 24 heavy (non-hydrogen) atoms. The van der Waals surface area contributed by atoms with Crippen molar-refractivity contribution in [3.8, 4) is 0 Å². The molecule has 1 aliphatic rings. The van der Waals surface area contributed by atoms with Gasteiger partial charge < -0.3 is 11.1 Å². The van der Waals surface area contributed by atoms with Gasteiger partial charge in [0.1, 0.15) is 5.15 Å². The maximum Gasteiger partial charge on any atom is 0.131 e. The molecule has 0 unspecified atom stereocenters. The highest BCUT2D eigenvalue weighted by Crippen LogP contribution is 2.35. The molecule has 0 radical (unpaired) electrons. The summed E-state index contributed by atoms with van der Waals surface area (Å²) in [6.45, 7) is 0.808. The number of hydrogen-bond donors (Lipinski definition) is 2. The molecule has 3 heterocycles. The summed E-state index contributed by atoms with van der Waals surface area (Å²) in [6.07, 6.45) is 5.25. The lowest BCUT2D eigenvalue weighted by molar-refractivity contribution is 0.704. The number of hydrogen-bond acceptors (Lipinski definition) is 5. The van der Waals surface area contributed by atoms with Crippen LogP contribution < -0.4 is 11.1 Å². The molecule has 128 valence electrons. The zero-order chi connectivity index (χ0) is 16.9. The summed E-state index contributed by atoms with van der Waals surface area (Å²) in [5, 5.41) is 8.04. The average Bonchev–Trinajstić information content (AvgIpc) is 3.30. The summed E-state index contributed by atoms with van der Waals surface area (Å²) < 4.78 is 2.12. The van der Waals surface area contributed by atoms with Crippen LogP contribution in [0.15, 0.2) is 33.4 Å². The van der Waals surface area contributed by atoms with E-state index in [0.29, 0.717) is 11.2 Å². The van der Waals surface area contributed by atoms with Crippen LogP contribution >= 0.6 is 50.2 Å². The van der Waals surface area contributed by atoms with Gasteiger partial charge in [0.05, 0.1) is 20.4 Å². The number of thiophene rings is 2. The Balaban J connectivity index is 0.000000238. The van der Waals surface area contributed by atoms with Crippen molar-refractivity contribution >= 4 is 66.1 Å². The molecule has 0 amide bonds. The van der Waals surface area contributed by atoms with Gasteiger partial charge in [-0.05, 0) is 40.2 Å². The highest BCUT2D eigenvalue weighted by atomic mass is 79.9. The Kier molecular flexibility index (Phi) is 6.52. The van der Waals surface area contributed by atoms with Crippen molar-refractivity contribution in [2.45, 2.75) is 38.3 Å². The van der Waals surface area contributed by atoms with E-state index in [1.165, 1.54) is 30.6 Å². The zero-order valence-electron chi connectivity index (χ0n) is 13.1. The summed E-state index contributed by atoms with van der Waals surface area (Å²) in [4.78, 5) is 5.63. The summed E-state index contributed by atoms with van der Waals surface area (Å²) in [5.41, 5.74) is 7.49. The minimum Gasteiger partial charge on any atom is -0.379 e. The first-order valence-electron chi connectivity index (χ1n) is 7.88. The van der Waals surface area contributed by atoms with Gasteiger partial charge >= 0.3 is 0 Å². The number of nitrogens with two attached hydrogens (primary N) is 1. The number of halogens is 2. The lowest BCUT2D eigenvalue weighted by Gasteiger charge is -2.06. The molecule has 0 atom stereocenters. The Morgan fingerprint density at radius 2 is 2.12 bits per heavy atom. The second-order valence-electron chi connectivity index (χ2n) is 5.73. The predicted octanol–water partition coefficient (Wildman–Crippen LogP) is 6.27. The van der Waals surface area contributed by atoms with Crippen LogP contribution in [0.25, 0.3) is 10.2 Å². The summed E-state index contributed by atoms with van der Waals surface area (Å²) in [5.74, 6) is 0. The lowest BCUT2D eigenvalue weighted by Crippen LogP contribution is -2.13. The normalized spacial score (nSPS) is 14.6. The van der Waals surface area contributed by atoms with Crippen LogP contribution in [-0.4, -0.2) is 11.0 Å². The third-order valence-electron chi connectivity index (χ3n) is 3.88. The number of aromatic nitrogens is 1. The predicted molar refractivity (Wildman–Crippen MR) is 110 cm³/mol. The molecule has 3 N–H and O–H groups in total. The van der Waals surface area contributed by atoms with Crippen LogP contribution in [0.3, 0.4) is 0 Å². The average molecular weight is 445 g/mol. The number of anilines is 1. The van der Waals surface area contributed by atoms with Gasteiger partial charge in [-0.1, -0.05) is 30.5 Å². The van der Waals surface area contributed by atoms with Gasteiger partial charge in [-0.2, -0.15) is 0 Å². The molecule has 3 aromatic heterocycles. The van der Waals surface area contributed by atoms with Crippen molar-refractivity contribution in [3.63, 3.8) is 0 Å². The molecule has 1 aliphatic carbocycles. The van der Waals surface area contributed by atoms with Gasteiger partial charge in [0.15, 0.2) is 0 Å². The number of nitrogens with one attached hydrogen (secondary N) is 1. The molecule has 0 spiro atoms. The SMILES string of the molecule is Clc1cc(NCc2cccs2)c2scc(Br)c2n1.NC1CCCC1. The van der Waals surface area contributed by atoms with Gasteiger partial charge in [-0.3, -0.25) is 0 Å². The molecule has 0 bridgehead atoms. The number of rotatable bonds is 3. The fraction of sp³-hybridized carbons (Fsp3) is 0.353. The molecular weight excluding hydrogens is 426 g/mol. The van der Waals surface area contributed by atoms with Crippen molar-refractivity contribution in [1.29, 1.82) is 0 Å². The van der Waals surface area contributed by atoms with Gasteiger partial charge in [-0.15, -0.1) is 22.7 Å². The minimum absolute atomic E-state index is 0.510. The van der Waals surface area contributed by atoms with Crippen molar-refractivity contribution in [3.05, 3.63) is 43.5 Å². The summed E-state index contributed by atoms with van der Waals surface area (Å²) in [6, 6.07) is 6.59. The highest BCUT2D eigenvalue weighted by Gasteiger charge is 2.10. The first-order valence-corrected chi connectivity index (χ1v) is 10.8. The first-order chi connectivity index (χ1) is 11.6. The van der Waals surface area contributed by atoms with Crippen LogP contribution in [0.4, 0.5) is 5.69 Å². The maximum atomic E-state index is 6.05. The van der Waals surface area contributed by atoms with E-state index < -0.39 is 0 Å². The maximum absolute atomic E-state index is 6.05. The van der Waals surface area contributed by atoms with E-state index in [4.69, 9.17) is 17.3 Å². The Labute approximate surface area is 163 Å². The van der Waals surface area contributed by atoms with E-state index >= 15 is 0 Å². The highest BCUT2D eigenvalue weighted by molar-refractivity contribution is 9.10. The standard InChI is InChI=1S/C12H8BrClN2S2.C5H11N/c13-8-6-18-12-9(4-10(14)16-11(8)12)15-5-7-2-1-3-17-7;6-5-3-1-2-4-5/h1-4,6H,5H2,(H,15,16);5H,1-4,6H2. The van der Waals surface area contributed by atoms with Crippen LogP contribution in [-0.2, 0) is 6.54 Å². The second kappa shape index (κ2) is 8.63. The number of pyridine rings is 1. The number of fused-ring (bicyclic) bond motifs is 1. The largest absolute Gasteiger partial charge is 0.379 e. The molecular formula is C17H19BrClN3S2. The third-order valence-corrected chi connectivity index (χ3v) is 6.86. The molecule has 1 fully saturated rings. The summed E-state index contributed by atoms with van der Waals surface area (Å²) >= 11 is 12.9. The molecule has 7 heteroatoms. The molecule has 4 rings (SSSR count). The van der Waals surface area contributed by atoms with Crippen LogP contribution in [0, 0.1) is 0 Å². The minimum atomic E-state index is 0.510. The third kappa shape index (κ3) is 4.70. The van der Waals surface area contributed by atoms with Crippen LogP contribution in [0.2, 0.25) is 5.15 Å². The van der Waals surface area contributed by atoms with E-state index in [0.717, 1.165) is 26.9 Å². The first kappa shape index (κ1) is 18.1. The van der Waals surface area contributed by atoms with E-state index in [1.54, 1.807) is 22.7 Å². The van der Waals surface area contributed by atoms with Gasteiger partial charge in [0.2, 0.25) is 0 Å². The van der Waals surface area contributed by atoms with E-state index in [9.17, 15) is 0 Å². The van der Waals surface area contributed by atoms with Crippen molar-refractivity contribution < 1.29 is 0 Å². The fourth-order valence-electron chi connectivity index (χ4n) is 2.63. The Bertz CT molecular complexity index is 783. The van der Waals surface area contributed by atoms with Crippen LogP contribution in [0.1, 0.15) is 30.6 Å². The summed E-state index contributed by atoms with van der Waals surface area (Å²) in [7, 11) is 0.